The number of piperidine rings is 1. The van der Waals surface area contributed by atoms with E-state index in [1.54, 1.807) is 48.5 Å². The monoisotopic (exact) mass is 449 g/mol. The third-order valence-electron chi connectivity index (χ3n) is 5.48. The van der Waals surface area contributed by atoms with Crippen LogP contribution in [0.1, 0.15) is 25.3 Å². The van der Waals surface area contributed by atoms with Crippen LogP contribution in [0.3, 0.4) is 0 Å². The normalized spacial score (nSPS) is 18.7. The standard InChI is InChI=1S/C22H28ClN3O3S/c1-16-5-11-21(12-6-16)30(28,29)24-14-18-4-3-13-26(15-18)17(2)22(27)25-20-9-7-19(23)8-10-20/h5-12,17-18,24H,3-4,13-15H2,1-2H3,(H,25,27). The number of halogens is 1. The number of anilines is 1. The number of nitrogens with zero attached hydrogens (tertiary/aromatic N) is 1. The van der Waals surface area contributed by atoms with Gasteiger partial charge in [0.2, 0.25) is 15.9 Å². The molecule has 1 aliphatic heterocycles. The van der Waals surface area contributed by atoms with Gasteiger partial charge in [-0.1, -0.05) is 29.3 Å². The Balaban J connectivity index is 1.54. The number of amides is 1. The van der Waals surface area contributed by atoms with Crippen LogP contribution < -0.4 is 10.0 Å². The number of sulfonamides is 1. The molecule has 0 bridgehead atoms. The average molecular weight is 450 g/mol. The van der Waals surface area contributed by atoms with Gasteiger partial charge in [0.15, 0.2) is 0 Å². The van der Waals surface area contributed by atoms with Gasteiger partial charge in [-0.05, 0) is 75.5 Å². The number of hydrogen-bond donors (Lipinski definition) is 2. The minimum absolute atomic E-state index is 0.0850. The Morgan fingerprint density at radius 3 is 2.50 bits per heavy atom. The van der Waals surface area contributed by atoms with E-state index in [4.69, 9.17) is 11.6 Å². The maximum atomic E-state index is 12.6. The molecule has 0 saturated carbocycles. The van der Waals surface area contributed by atoms with Crippen LogP contribution in [-0.2, 0) is 14.8 Å². The van der Waals surface area contributed by atoms with E-state index in [0.29, 0.717) is 23.8 Å². The summed E-state index contributed by atoms with van der Waals surface area (Å²) >= 11 is 5.89. The molecule has 30 heavy (non-hydrogen) atoms. The average Bonchev–Trinajstić information content (AvgIpc) is 2.74. The summed E-state index contributed by atoms with van der Waals surface area (Å²) in [5.41, 5.74) is 1.72. The molecular weight excluding hydrogens is 422 g/mol. The molecule has 1 heterocycles. The molecule has 3 rings (SSSR count). The molecule has 1 aliphatic rings. The Hall–Kier alpha value is -1.93. The van der Waals surface area contributed by atoms with Crippen LogP contribution in [0.5, 0.6) is 0 Å². The smallest absolute Gasteiger partial charge is 0.241 e. The number of hydrogen-bond acceptors (Lipinski definition) is 4. The van der Waals surface area contributed by atoms with Gasteiger partial charge in [-0.3, -0.25) is 9.69 Å². The molecule has 1 fully saturated rings. The third-order valence-corrected chi connectivity index (χ3v) is 7.17. The van der Waals surface area contributed by atoms with E-state index in [-0.39, 0.29) is 22.8 Å². The summed E-state index contributed by atoms with van der Waals surface area (Å²) in [7, 11) is -3.53. The van der Waals surface area contributed by atoms with Crippen molar-refractivity contribution in [2.24, 2.45) is 5.92 Å². The number of benzene rings is 2. The number of rotatable bonds is 7. The quantitative estimate of drug-likeness (QED) is 0.676. The number of carbonyl (C=O) groups excluding carboxylic acids is 1. The second kappa shape index (κ2) is 9.92. The summed E-state index contributed by atoms with van der Waals surface area (Å²) < 4.78 is 27.8. The van der Waals surface area contributed by atoms with Gasteiger partial charge in [-0.15, -0.1) is 0 Å². The third kappa shape index (κ3) is 6.04. The summed E-state index contributed by atoms with van der Waals surface area (Å²) in [6.45, 7) is 5.65. The molecule has 8 heteroatoms. The van der Waals surface area contributed by atoms with E-state index in [2.05, 4.69) is 14.9 Å². The SMILES string of the molecule is Cc1ccc(S(=O)(=O)NCC2CCCN(C(C)C(=O)Nc3ccc(Cl)cc3)C2)cc1. The highest BCUT2D eigenvalue weighted by Gasteiger charge is 2.28. The number of nitrogens with one attached hydrogen (secondary N) is 2. The molecule has 0 aromatic heterocycles. The van der Waals surface area contributed by atoms with Crippen molar-refractivity contribution in [3.8, 4) is 0 Å². The first kappa shape index (κ1) is 22.7. The highest BCUT2D eigenvalue weighted by atomic mass is 35.5. The number of likely N-dealkylation sites (tertiary alicyclic amines) is 1. The molecular formula is C22H28ClN3O3S. The van der Waals surface area contributed by atoms with Gasteiger partial charge >= 0.3 is 0 Å². The summed E-state index contributed by atoms with van der Waals surface area (Å²) in [5.74, 6) is 0.0722. The lowest BCUT2D eigenvalue weighted by molar-refractivity contribution is -0.121. The zero-order chi connectivity index (χ0) is 21.7. The fourth-order valence-electron chi connectivity index (χ4n) is 3.59. The Bertz CT molecular complexity index is 962. The molecule has 0 aliphatic carbocycles. The van der Waals surface area contributed by atoms with Gasteiger partial charge < -0.3 is 5.32 Å². The van der Waals surface area contributed by atoms with Gasteiger partial charge in [0.25, 0.3) is 0 Å². The van der Waals surface area contributed by atoms with Crippen molar-refractivity contribution in [2.75, 3.05) is 25.0 Å². The van der Waals surface area contributed by atoms with Crippen molar-refractivity contribution in [3.05, 3.63) is 59.1 Å². The molecule has 2 aromatic carbocycles. The van der Waals surface area contributed by atoms with Crippen molar-refractivity contribution >= 4 is 33.2 Å². The van der Waals surface area contributed by atoms with Gasteiger partial charge in [0, 0.05) is 23.8 Å². The second-order valence-corrected chi connectivity index (χ2v) is 10.0. The van der Waals surface area contributed by atoms with Crippen LogP contribution in [0, 0.1) is 12.8 Å². The van der Waals surface area contributed by atoms with E-state index >= 15 is 0 Å². The highest BCUT2D eigenvalue weighted by Crippen LogP contribution is 2.20. The van der Waals surface area contributed by atoms with Crippen LogP contribution >= 0.6 is 11.6 Å². The Morgan fingerprint density at radius 2 is 1.83 bits per heavy atom. The summed E-state index contributed by atoms with van der Waals surface area (Å²) in [6.07, 6.45) is 1.86. The summed E-state index contributed by atoms with van der Waals surface area (Å²) in [5, 5.41) is 3.53. The lowest BCUT2D eigenvalue weighted by Crippen LogP contribution is -2.48. The van der Waals surface area contributed by atoms with Gasteiger partial charge in [-0.2, -0.15) is 0 Å². The molecule has 0 spiro atoms. The van der Waals surface area contributed by atoms with Crippen LogP contribution in [0.2, 0.25) is 5.02 Å². The van der Waals surface area contributed by atoms with Crippen LogP contribution in [0.15, 0.2) is 53.4 Å². The van der Waals surface area contributed by atoms with Crippen LogP contribution in [-0.4, -0.2) is 44.9 Å². The first-order chi connectivity index (χ1) is 14.2. The van der Waals surface area contributed by atoms with Crippen molar-refractivity contribution in [1.29, 1.82) is 0 Å². The Labute approximate surface area is 183 Å². The molecule has 2 N–H and O–H groups in total. The predicted octanol–water partition coefficient (Wildman–Crippen LogP) is 3.67. The van der Waals surface area contributed by atoms with Crippen molar-refractivity contribution in [1.82, 2.24) is 9.62 Å². The number of carbonyl (C=O) groups is 1. The summed E-state index contributed by atoms with van der Waals surface area (Å²) in [6, 6.07) is 13.5. The summed E-state index contributed by atoms with van der Waals surface area (Å²) in [4.78, 5) is 15.0. The van der Waals surface area contributed by atoms with Crippen molar-refractivity contribution in [3.63, 3.8) is 0 Å². The molecule has 2 unspecified atom stereocenters. The molecule has 1 saturated heterocycles. The molecule has 6 nitrogen and oxygen atoms in total. The minimum atomic E-state index is -3.53. The van der Waals surface area contributed by atoms with Gasteiger partial charge in [-0.25, -0.2) is 13.1 Å². The molecule has 2 aromatic rings. The maximum absolute atomic E-state index is 12.6. The fourth-order valence-corrected chi connectivity index (χ4v) is 4.83. The molecule has 2 atom stereocenters. The van der Waals surface area contributed by atoms with Gasteiger partial charge in [0.1, 0.15) is 0 Å². The fraction of sp³-hybridized carbons (Fsp3) is 0.409. The van der Waals surface area contributed by atoms with E-state index in [1.165, 1.54) is 0 Å². The maximum Gasteiger partial charge on any atom is 0.241 e. The Morgan fingerprint density at radius 1 is 1.17 bits per heavy atom. The topological polar surface area (TPSA) is 78.5 Å². The number of aryl methyl sites for hydroxylation is 1. The molecule has 162 valence electrons. The van der Waals surface area contributed by atoms with Gasteiger partial charge in [0.05, 0.1) is 10.9 Å². The van der Waals surface area contributed by atoms with Crippen molar-refractivity contribution < 1.29 is 13.2 Å². The highest BCUT2D eigenvalue weighted by molar-refractivity contribution is 7.89. The van der Waals surface area contributed by atoms with E-state index < -0.39 is 10.0 Å². The van der Waals surface area contributed by atoms with E-state index in [1.807, 2.05) is 13.8 Å². The lowest BCUT2D eigenvalue weighted by atomic mass is 9.97. The zero-order valence-corrected chi connectivity index (χ0v) is 18.8. The second-order valence-electron chi connectivity index (χ2n) is 7.84. The van der Waals surface area contributed by atoms with Crippen LogP contribution in [0.4, 0.5) is 5.69 Å². The molecule has 1 amide bonds. The van der Waals surface area contributed by atoms with E-state index in [9.17, 15) is 13.2 Å². The Kier molecular flexibility index (Phi) is 7.52. The van der Waals surface area contributed by atoms with Crippen molar-refractivity contribution in [2.45, 2.75) is 37.6 Å². The largest absolute Gasteiger partial charge is 0.325 e. The zero-order valence-electron chi connectivity index (χ0n) is 17.3. The first-order valence-electron chi connectivity index (χ1n) is 10.1. The van der Waals surface area contributed by atoms with Crippen LogP contribution in [0.25, 0.3) is 0 Å². The van der Waals surface area contributed by atoms with E-state index in [0.717, 1.165) is 24.9 Å². The first-order valence-corrected chi connectivity index (χ1v) is 12.0. The minimum Gasteiger partial charge on any atom is -0.325 e. The lowest BCUT2D eigenvalue weighted by Gasteiger charge is -2.36. The molecule has 0 radical (unpaired) electrons. The predicted molar refractivity (Wildman–Crippen MR) is 120 cm³/mol.